The van der Waals surface area contributed by atoms with E-state index in [1.54, 1.807) is 13.8 Å². The number of azide groups is 1. The summed E-state index contributed by atoms with van der Waals surface area (Å²) >= 11 is 0. The van der Waals surface area contributed by atoms with Gasteiger partial charge in [-0.3, -0.25) is 4.79 Å². The van der Waals surface area contributed by atoms with Gasteiger partial charge in [-0.25, -0.2) is 0 Å². The number of hydrogen-bond donors (Lipinski definition) is 0. The van der Waals surface area contributed by atoms with E-state index in [2.05, 4.69) is 10.0 Å². The molecule has 0 bridgehead atoms. The smallest absolute Gasteiger partial charge is 0.152 e. The van der Waals surface area contributed by atoms with Crippen molar-refractivity contribution in [3.8, 4) is 6.07 Å². The molecule has 0 unspecified atom stereocenters. The van der Waals surface area contributed by atoms with Crippen LogP contribution >= 0.6 is 0 Å². The van der Waals surface area contributed by atoms with Crippen molar-refractivity contribution >= 4 is 5.78 Å². The zero-order valence-corrected chi connectivity index (χ0v) is 7.82. The second kappa shape index (κ2) is 5.18. The van der Waals surface area contributed by atoms with Gasteiger partial charge in [0.15, 0.2) is 5.78 Å². The van der Waals surface area contributed by atoms with E-state index in [0.717, 1.165) is 0 Å². The third-order valence-corrected chi connectivity index (χ3v) is 1.89. The van der Waals surface area contributed by atoms with Crippen molar-refractivity contribution in [3.05, 3.63) is 10.4 Å². The van der Waals surface area contributed by atoms with Crippen molar-refractivity contribution in [2.24, 2.45) is 10.5 Å². The van der Waals surface area contributed by atoms with Crippen molar-refractivity contribution in [2.75, 3.05) is 6.54 Å². The molecule has 0 aliphatic carbocycles. The number of carbonyl (C=O) groups excluding carboxylic acids is 1. The predicted molar refractivity (Wildman–Crippen MR) is 47.6 cm³/mol. The van der Waals surface area contributed by atoms with Gasteiger partial charge in [-0.2, -0.15) is 5.26 Å². The number of nitrogens with zero attached hydrogens (tertiary/aromatic N) is 4. The number of Topliss-reactive ketones (excluding diaryl/α,β-unsaturated/α-hetero) is 1. The highest BCUT2D eigenvalue weighted by molar-refractivity contribution is 5.85. The normalized spacial score (nSPS) is 9.92. The van der Waals surface area contributed by atoms with E-state index >= 15 is 0 Å². The number of hydrogen-bond acceptors (Lipinski definition) is 3. The van der Waals surface area contributed by atoms with Crippen LogP contribution in [0.2, 0.25) is 0 Å². The van der Waals surface area contributed by atoms with Crippen LogP contribution in [0, 0.1) is 16.7 Å². The van der Waals surface area contributed by atoms with Crippen molar-refractivity contribution < 1.29 is 4.79 Å². The standard InChI is InChI=1S/C8H12N4O/c1-8(2,4-6-11-12-10)7(13)3-5-9/h3-4,6H2,1-2H3. The molecule has 0 aliphatic heterocycles. The molecule has 5 heteroatoms. The fourth-order valence-corrected chi connectivity index (χ4v) is 0.825. The molecule has 0 spiro atoms. The summed E-state index contributed by atoms with van der Waals surface area (Å²) < 4.78 is 0. The van der Waals surface area contributed by atoms with Gasteiger partial charge in [0.1, 0.15) is 0 Å². The summed E-state index contributed by atoms with van der Waals surface area (Å²) in [5.41, 5.74) is 7.46. The average Bonchev–Trinajstić information content (AvgIpc) is 2.05. The molecule has 0 rings (SSSR count). The van der Waals surface area contributed by atoms with E-state index in [1.165, 1.54) is 0 Å². The molecule has 0 saturated carbocycles. The van der Waals surface area contributed by atoms with Crippen LogP contribution in [0.25, 0.3) is 10.4 Å². The Bertz CT molecular complexity index is 270. The Morgan fingerprint density at radius 1 is 1.69 bits per heavy atom. The van der Waals surface area contributed by atoms with Gasteiger partial charge in [-0.1, -0.05) is 19.0 Å². The van der Waals surface area contributed by atoms with Crippen molar-refractivity contribution in [3.63, 3.8) is 0 Å². The third-order valence-electron chi connectivity index (χ3n) is 1.89. The number of carbonyl (C=O) groups is 1. The Hall–Kier alpha value is -1.53. The first kappa shape index (κ1) is 11.5. The van der Waals surface area contributed by atoms with Crippen LogP contribution in [0.4, 0.5) is 0 Å². The summed E-state index contributed by atoms with van der Waals surface area (Å²) in [4.78, 5) is 13.9. The van der Waals surface area contributed by atoms with E-state index < -0.39 is 5.41 Å². The summed E-state index contributed by atoms with van der Waals surface area (Å²) in [6.45, 7) is 3.79. The van der Waals surface area contributed by atoms with E-state index in [1.807, 2.05) is 6.07 Å². The lowest BCUT2D eigenvalue weighted by Crippen LogP contribution is -2.24. The summed E-state index contributed by atoms with van der Waals surface area (Å²) in [6.07, 6.45) is 0.404. The van der Waals surface area contributed by atoms with E-state index in [0.29, 0.717) is 13.0 Å². The highest BCUT2D eigenvalue weighted by atomic mass is 16.1. The van der Waals surface area contributed by atoms with Crippen molar-refractivity contribution in [1.82, 2.24) is 0 Å². The Balaban J connectivity index is 4.14. The molecule has 0 heterocycles. The minimum absolute atomic E-state index is 0.0801. The molecule has 0 aromatic heterocycles. The largest absolute Gasteiger partial charge is 0.298 e. The van der Waals surface area contributed by atoms with Gasteiger partial charge in [0, 0.05) is 16.9 Å². The molecular weight excluding hydrogens is 168 g/mol. The summed E-state index contributed by atoms with van der Waals surface area (Å²) in [5, 5.41) is 11.7. The zero-order chi connectivity index (χ0) is 10.3. The Labute approximate surface area is 77.0 Å². The first-order valence-corrected chi connectivity index (χ1v) is 3.95. The highest BCUT2D eigenvalue weighted by Gasteiger charge is 2.25. The zero-order valence-electron chi connectivity index (χ0n) is 7.82. The maximum Gasteiger partial charge on any atom is 0.152 e. The van der Waals surface area contributed by atoms with Gasteiger partial charge in [-0.05, 0) is 12.0 Å². The minimum atomic E-state index is -0.566. The lowest BCUT2D eigenvalue weighted by molar-refractivity contribution is -0.126. The monoisotopic (exact) mass is 180 g/mol. The fourth-order valence-electron chi connectivity index (χ4n) is 0.825. The van der Waals surface area contributed by atoms with E-state index in [4.69, 9.17) is 10.8 Å². The molecule has 13 heavy (non-hydrogen) atoms. The summed E-state index contributed by atoms with van der Waals surface area (Å²) in [5.74, 6) is -0.108. The first-order valence-electron chi connectivity index (χ1n) is 3.95. The molecule has 0 aromatic rings. The topological polar surface area (TPSA) is 89.6 Å². The second-order valence-corrected chi connectivity index (χ2v) is 3.35. The third kappa shape index (κ3) is 4.14. The SMILES string of the molecule is CC(C)(CCN=[N+]=[N-])C(=O)CC#N. The molecule has 0 aromatic carbocycles. The summed E-state index contributed by atoms with van der Waals surface area (Å²) in [7, 11) is 0. The molecule has 0 N–H and O–H groups in total. The molecule has 0 fully saturated rings. The first-order chi connectivity index (χ1) is 6.04. The van der Waals surface area contributed by atoms with Crippen molar-refractivity contribution in [1.29, 1.82) is 5.26 Å². The van der Waals surface area contributed by atoms with Crippen LogP contribution in [0.3, 0.4) is 0 Å². The molecule has 5 nitrogen and oxygen atoms in total. The predicted octanol–water partition coefficient (Wildman–Crippen LogP) is 2.20. The maximum atomic E-state index is 11.3. The van der Waals surface area contributed by atoms with Crippen LogP contribution in [0.1, 0.15) is 26.7 Å². The molecule has 0 amide bonds. The Morgan fingerprint density at radius 2 is 2.31 bits per heavy atom. The Kier molecular flexibility index (Phi) is 4.57. The number of ketones is 1. The van der Waals surface area contributed by atoms with Crippen LogP contribution < -0.4 is 0 Å². The molecule has 0 radical (unpaired) electrons. The second-order valence-electron chi connectivity index (χ2n) is 3.35. The maximum absolute atomic E-state index is 11.3. The highest BCUT2D eigenvalue weighted by Crippen LogP contribution is 2.22. The summed E-state index contributed by atoms with van der Waals surface area (Å²) in [6, 6.07) is 1.81. The minimum Gasteiger partial charge on any atom is -0.298 e. The van der Waals surface area contributed by atoms with Crippen LogP contribution in [0.5, 0.6) is 0 Å². The van der Waals surface area contributed by atoms with Gasteiger partial charge in [0.2, 0.25) is 0 Å². The lowest BCUT2D eigenvalue weighted by Gasteiger charge is -2.20. The van der Waals surface area contributed by atoms with E-state index in [-0.39, 0.29) is 12.2 Å². The van der Waals surface area contributed by atoms with Crippen LogP contribution in [0.15, 0.2) is 5.11 Å². The van der Waals surface area contributed by atoms with Gasteiger partial charge in [-0.15, -0.1) is 0 Å². The molecule has 0 aliphatic rings. The Morgan fingerprint density at radius 3 is 2.77 bits per heavy atom. The lowest BCUT2D eigenvalue weighted by atomic mass is 9.83. The van der Waals surface area contributed by atoms with Gasteiger partial charge >= 0.3 is 0 Å². The van der Waals surface area contributed by atoms with Crippen LogP contribution in [-0.2, 0) is 4.79 Å². The quantitative estimate of drug-likeness (QED) is 0.368. The average molecular weight is 180 g/mol. The van der Waals surface area contributed by atoms with Crippen LogP contribution in [-0.4, -0.2) is 12.3 Å². The molecular formula is C8H12N4O. The number of nitriles is 1. The molecule has 0 saturated heterocycles. The van der Waals surface area contributed by atoms with Gasteiger partial charge in [0.05, 0.1) is 12.5 Å². The number of rotatable bonds is 5. The molecule has 70 valence electrons. The molecule has 0 atom stereocenters. The van der Waals surface area contributed by atoms with Crippen molar-refractivity contribution in [2.45, 2.75) is 26.7 Å². The van der Waals surface area contributed by atoms with E-state index in [9.17, 15) is 4.79 Å². The fraction of sp³-hybridized carbons (Fsp3) is 0.750. The van der Waals surface area contributed by atoms with Gasteiger partial charge < -0.3 is 0 Å². The van der Waals surface area contributed by atoms with Gasteiger partial charge in [0.25, 0.3) is 0 Å².